The Labute approximate surface area is 169 Å². The first kappa shape index (κ1) is 19.3. The zero-order valence-electron chi connectivity index (χ0n) is 13.8. The number of aromatic nitrogens is 1. The molecular weight excluding hydrogens is 413 g/mol. The highest BCUT2D eigenvalue weighted by atomic mass is 35.5. The molecule has 3 aromatic rings. The standard InChI is InChI=1S/C18H15Cl2NO3S2/c1-2-23-17(22)8-24-15-10-26-18-13(15)5-6-16(21-18)25-9-11-3-4-12(19)7-14(11)20/h3-7,10H,2,8-9H2,1H3. The number of fused-ring (bicyclic) bond motifs is 1. The van der Waals surface area contributed by atoms with Crippen molar-refractivity contribution in [2.45, 2.75) is 17.7 Å². The summed E-state index contributed by atoms with van der Waals surface area (Å²) in [6, 6.07) is 9.36. The lowest BCUT2D eigenvalue weighted by atomic mass is 10.2. The summed E-state index contributed by atoms with van der Waals surface area (Å²) in [5.74, 6) is 0.959. The monoisotopic (exact) mass is 427 g/mol. The minimum Gasteiger partial charge on any atom is -0.480 e. The van der Waals surface area contributed by atoms with Crippen LogP contribution in [0.4, 0.5) is 0 Å². The molecule has 2 heterocycles. The van der Waals surface area contributed by atoms with Crippen LogP contribution in [0.3, 0.4) is 0 Å². The van der Waals surface area contributed by atoms with Crippen molar-refractivity contribution in [2.24, 2.45) is 0 Å². The van der Waals surface area contributed by atoms with E-state index < -0.39 is 0 Å². The van der Waals surface area contributed by atoms with E-state index in [1.807, 2.05) is 29.6 Å². The minimum absolute atomic E-state index is 0.106. The van der Waals surface area contributed by atoms with E-state index in [1.54, 1.807) is 24.8 Å². The maximum Gasteiger partial charge on any atom is 0.344 e. The van der Waals surface area contributed by atoms with Crippen molar-refractivity contribution in [1.82, 2.24) is 4.98 Å². The van der Waals surface area contributed by atoms with E-state index in [4.69, 9.17) is 32.7 Å². The molecule has 0 aliphatic rings. The largest absolute Gasteiger partial charge is 0.480 e. The molecule has 0 saturated carbocycles. The molecule has 4 nitrogen and oxygen atoms in total. The number of pyridine rings is 1. The lowest BCUT2D eigenvalue weighted by Crippen LogP contribution is -2.14. The van der Waals surface area contributed by atoms with Gasteiger partial charge in [0.25, 0.3) is 0 Å². The first-order valence-electron chi connectivity index (χ1n) is 7.80. The second-order valence-electron chi connectivity index (χ2n) is 5.22. The highest BCUT2D eigenvalue weighted by Crippen LogP contribution is 2.34. The van der Waals surface area contributed by atoms with E-state index in [-0.39, 0.29) is 12.6 Å². The molecular formula is C18H15Cl2NO3S2. The van der Waals surface area contributed by atoms with Gasteiger partial charge in [-0.2, -0.15) is 0 Å². The zero-order chi connectivity index (χ0) is 18.5. The molecule has 0 fully saturated rings. The van der Waals surface area contributed by atoms with Gasteiger partial charge in [0.15, 0.2) is 6.61 Å². The summed E-state index contributed by atoms with van der Waals surface area (Å²) in [5, 5.41) is 4.89. The Bertz CT molecular complexity index is 930. The van der Waals surface area contributed by atoms with Crippen LogP contribution in [0.15, 0.2) is 40.7 Å². The van der Waals surface area contributed by atoms with Gasteiger partial charge in [-0.25, -0.2) is 9.78 Å². The second-order valence-corrected chi connectivity index (χ2v) is 7.92. The van der Waals surface area contributed by atoms with Gasteiger partial charge in [-0.15, -0.1) is 23.1 Å². The number of thiophene rings is 1. The number of esters is 1. The summed E-state index contributed by atoms with van der Waals surface area (Å²) in [6.07, 6.45) is 0. The number of rotatable bonds is 7. The number of nitrogens with zero attached hydrogens (tertiary/aromatic N) is 1. The maximum absolute atomic E-state index is 11.4. The number of hydrogen-bond donors (Lipinski definition) is 0. The molecule has 2 aromatic heterocycles. The summed E-state index contributed by atoms with van der Waals surface area (Å²) in [4.78, 5) is 16.9. The second kappa shape index (κ2) is 8.95. The molecule has 0 aliphatic heterocycles. The fourth-order valence-electron chi connectivity index (χ4n) is 2.20. The van der Waals surface area contributed by atoms with Crippen molar-refractivity contribution in [3.8, 4) is 5.75 Å². The van der Waals surface area contributed by atoms with Gasteiger partial charge in [0.05, 0.1) is 17.0 Å². The van der Waals surface area contributed by atoms with Crippen LogP contribution >= 0.6 is 46.3 Å². The van der Waals surface area contributed by atoms with Crippen LogP contribution in [0.5, 0.6) is 5.75 Å². The third-order valence-corrected chi connectivity index (χ3v) is 5.85. The zero-order valence-corrected chi connectivity index (χ0v) is 17.0. The van der Waals surface area contributed by atoms with Gasteiger partial charge in [-0.3, -0.25) is 0 Å². The van der Waals surface area contributed by atoms with Crippen molar-refractivity contribution >= 4 is 62.5 Å². The Kier molecular flexibility index (Phi) is 6.64. The van der Waals surface area contributed by atoms with Gasteiger partial charge in [0.1, 0.15) is 10.6 Å². The Morgan fingerprint density at radius 1 is 1.27 bits per heavy atom. The molecule has 0 saturated heterocycles. The molecule has 1 aromatic carbocycles. The topological polar surface area (TPSA) is 48.4 Å². The van der Waals surface area contributed by atoms with Crippen LogP contribution < -0.4 is 4.74 Å². The predicted molar refractivity (Wildman–Crippen MR) is 108 cm³/mol. The first-order valence-corrected chi connectivity index (χ1v) is 10.4. The summed E-state index contributed by atoms with van der Waals surface area (Å²) >= 11 is 15.2. The van der Waals surface area contributed by atoms with Crippen LogP contribution in [0, 0.1) is 0 Å². The average Bonchev–Trinajstić information content (AvgIpc) is 3.02. The molecule has 0 atom stereocenters. The van der Waals surface area contributed by atoms with Crippen LogP contribution in [-0.2, 0) is 15.3 Å². The molecule has 3 rings (SSSR count). The van der Waals surface area contributed by atoms with Gasteiger partial charge in [-0.1, -0.05) is 29.3 Å². The predicted octanol–water partition coefficient (Wildman–Crippen LogP) is 5.84. The highest BCUT2D eigenvalue weighted by molar-refractivity contribution is 7.98. The molecule has 0 unspecified atom stereocenters. The molecule has 0 bridgehead atoms. The Morgan fingerprint density at radius 3 is 2.88 bits per heavy atom. The van der Waals surface area contributed by atoms with Gasteiger partial charge in [-0.05, 0) is 36.8 Å². The Hall–Kier alpha value is -1.47. The average molecular weight is 428 g/mol. The molecule has 136 valence electrons. The number of thioether (sulfide) groups is 1. The molecule has 0 spiro atoms. The fourth-order valence-corrected chi connectivity index (χ4v) is 4.54. The summed E-state index contributed by atoms with van der Waals surface area (Å²) < 4.78 is 10.4. The summed E-state index contributed by atoms with van der Waals surface area (Å²) in [7, 11) is 0. The number of carbonyl (C=O) groups is 1. The first-order chi connectivity index (χ1) is 12.6. The number of carbonyl (C=O) groups excluding carboxylic acids is 1. The third-order valence-electron chi connectivity index (χ3n) is 3.42. The number of benzene rings is 1. The van der Waals surface area contributed by atoms with Crippen molar-refractivity contribution in [2.75, 3.05) is 13.2 Å². The van der Waals surface area contributed by atoms with Crippen molar-refractivity contribution < 1.29 is 14.3 Å². The number of halogens is 2. The molecule has 0 amide bonds. The molecule has 0 N–H and O–H groups in total. The minimum atomic E-state index is -0.383. The van der Waals surface area contributed by atoms with Crippen LogP contribution in [0.2, 0.25) is 10.0 Å². The van der Waals surface area contributed by atoms with Gasteiger partial charge in [0, 0.05) is 21.2 Å². The van der Waals surface area contributed by atoms with E-state index >= 15 is 0 Å². The lowest BCUT2D eigenvalue weighted by molar-refractivity contribution is -0.145. The van der Waals surface area contributed by atoms with Crippen LogP contribution in [0.25, 0.3) is 10.2 Å². The van der Waals surface area contributed by atoms with E-state index in [0.29, 0.717) is 28.2 Å². The number of ether oxygens (including phenoxy) is 2. The smallest absolute Gasteiger partial charge is 0.344 e. The quantitative estimate of drug-likeness (QED) is 0.350. The lowest BCUT2D eigenvalue weighted by Gasteiger charge is -2.06. The van der Waals surface area contributed by atoms with Crippen molar-refractivity contribution in [3.63, 3.8) is 0 Å². The van der Waals surface area contributed by atoms with Crippen molar-refractivity contribution in [1.29, 1.82) is 0 Å². The van der Waals surface area contributed by atoms with E-state index in [9.17, 15) is 4.79 Å². The Morgan fingerprint density at radius 2 is 2.12 bits per heavy atom. The molecule has 26 heavy (non-hydrogen) atoms. The van der Waals surface area contributed by atoms with Gasteiger partial charge >= 0.3 is 5.97 Å². The maximum atomic E-state index is 11.4. The highest BCUT2D eigenvalue weighted by Gasteiger charge is 2.11. The van der Waals surface area contributed by atoms with Crippen molar-refractivity contribution in [3.05, 3.63) is 51.3 Å². The summed E-state index contributed by atoms with van der Waals surface area (Å²) in [6.45, 7) is 2.00. The van der Waals surface area contributed by atoms with E-state index in [2.05, 4.69) is 4.98 Å². The third kappa shape index (κ3) is 4.82. The fraction of sp³-hybridized carbons (Fsp3) is 0.222. The normalized spacial score (nSPS) is 10.9. The molecule has 0 aliphatic carbocycles. The number of hydrogen-bond acceptors (Lipinski definition) is 6. The Balaban J connectivity index is 1.67. The molecule has 8 heteroatoms. The van der Waals surface area contributed by atoms with Gasteiger partial charge in [0.2, 0.25) is 0 Å². The van der Waals surface area contributed by atoms with E-state index in [0.717, 1.165) is 20.8 Å². The molecule has 0 radical (unpaired) electrons. The van der Waals surface area contributed by atoms with Gasteiger partial charge < -0.3 is 9.47 Å². The SMILES string of the molecule is CCOC(=O)COc1csc2nc(SCc3ccc(Cl)cc3Cl)ccc12. The van der Waals surface area contributed by atoms with Crippen LogP contribution in [0.1, 0.15) is 12.5 Å². The summed E-state index contributed by atoms with van der Waals surface area (Å²) in [5.41, 5.74) is 1.01. The van der Waals surface area contributed by atoms with Crippen LogP contribution in [-0.4, -0.2) is 24.2 Å². The van der Waals surface area contributed by atoms with E-state index in [1.165, 1.54) is 11.3 Å².